The van der Waals surface area contributed by atoms with E-state index in [-0.39, 0.29) is 23.5 Å². The third-order valence-corrected chi connectivity index (χ3v) is 6.20. The predicted octanol–water partition coefficient (Wildman–Crippen LogP) is 4.13. The van der Waals surface area contributed by atoms with Crippen LogP contribution < -0.4 is 5.32 Å². The number of nitrogens with one attached hydrogen (secondary N) is 1. The number of rotatable bonds is 6. The van der Waals surface area contributed by atoms with Crippen molar-refractivity contribution in [1.29, 1.82) is 0 Å². The highest BCUT2D eigenvalue weighted by Gasteiger charge is 2.26. The summed E-state index contributed by atoms with van der Waals surface area (Å²) in [5.74, 6) is -0.344. The molecule has 1 aromatic carbocycles. The van der Waals surface area contributed by atoms with E-state index in [1.54, 1.807) is 40.4 Å². The zero-order chi connectivity index (χ0) is 25.1. The highest BCUT2D eigenvalue weighted by Crippen LogP contribution is 2.25. The monoisotopic (exact) mass is 479 g/mol. The van der Waals surface area contributed by atoms with Crippen molar-refractivity contribution in [3.8, 4) is 11.5 Å². The van der Waals surface area contributed by atoms with Gasteiger partial charge in [0.15, 0.2) is 5.82 Å². The number of urea groups is 1. The number of aromatic nitrogens is 4. The summed E-state index contributed by atoms with van der Waals surface area (Å²) < 4.78 is 16.8. The van der Waals surface area contributed by atoms with Gasteiger partial charge in [-0.2, -0.15) is 0 Å². The van der Waals surface area contributed by atoms with Crippen molar-refractivity contribution in [3.05, 3.63) is 59.2 Å². The molecule has 3 amide bonds. The lowest BCUT2D eigenvalue weighted by Crippen LogP contribution is -2.45. The molecule has 0 radical (unpaired) electrons. The summed E-state index contributed by atoms with van der Waals surface area (Å²) in [4.78, 5) is 33.7. The van der Waals surface area contributed by atoms with E-state index >= 15 is 0 Å². The smallest absolute Gasteiger partial charge is 0.320 e. The molecule has 1 aliphatic rings. The number of fused-ring (bicyclic) bond motifs is 1. The van der Waals surface area contributed by atoms with Crippen LogP contribution in [0.25, 0.3) is 11.5 Å². The molecule has 3 heterocycles. The van der Waals surface area contributed by atoms with Crippen LogP contribution >= 0.6 is 0 Å². The van der Waals surface area contributed by atoms with E-state index in [2.05, 4.69) is 20.5 Å². The van der Waals surface area contributed by atoms with Gasteiger partial charge in [-0.25, -0.2) is 14.2 Å². The van der Waals surface area contributed by atoms with Crippen LogP contribution in [0.1, 0.15) is 55.2 Å². The van der Waals surface area contributed by atoms with E-state index in [4.69, 9.17) is 0 Å². The Morgan fingerprint density at radius 3 is 2.66 bits per heavy atom. The Morgan fingerprint density at radius 2 is 1.94 bits per heavy atom. The predicted molar refractivity (Wildman–Crippen MR) is 130 cm³/mol. The summed E-state index contributed by atoms with van der Waals surface area (Å²) in [5, 5.41) is 10.8. The van der Waals surface area contributed by atoms with Gasteiger partial charge in [-0.1, -0.05) is 6.07 Å². The van der Waals surface area contributed by atoms with E-state index in [0.717, 1.165) is 11.1 Å². The molecule has 2 aromatic heterocycles. The standard InChI is InChI=1S/C25H30FN7O2/c1-5-31(6-2)25(35)32-11-10-17-13-20(26)19(12-18(17)14-32)24(34)29-22-9-7-8-21(28-22)23-30-27-15-33(23)16(3)4/h7-9,12-13,15-16H,5-6,10-11,14H2,1-4H3,(H,28,29,34). The molecule has 184 valence electrons. The maximum absolute atomic E-state index is 14.9. The third kappa shape index (κ3) is 5.01. The number of pyridine rings is 1. The van der Waals surface area contributed by atoms with Crippen molar-refractivity contribution in [2.45, 2.75) is 46.7 Å². The quantitative estimate of drug-likeness (QED) is 0.573. The minimum Gasteiger partial charge on any atom is -0.325 e. The number of nitrogens with zero attached hydrogens (tertiary/aromatic N) is 6. The van der Waals surface area contributed by atoms with Gasteiger partial charge >= 0.3 is 6.03 Å². The lowest BCUT2D eigenvalue weighted by molar-refractivity contribution is 0.102. The number of halogens is 1. The highest BCUT2D eigenvalue weighted by atomic mass is 19.1. The molecule has 0 aliphatic carbocycles. The molecule has 0 bridgehead atoms. The Kier molecular flexibility index (Phi) is 7.09. The molecule has 9 nitrogen and oxygen atoms in total. The lowest BCUT2D eigenvalue weighted by Gasteiger charge is -2.33. The SMILES string of the molecule is CCN(CC)C(=O)N1CCc2cc(F)c(C(=O)Nc3cccc(-c4nncn4C(C)C)n3)cc2C1. The van der Waals surface area contributed by atoms with Gasteiger partial charge in [-0.3, -0.25) is 4.79 Å². The number of hydrogen-bond acceptors (Lipinski definition) is 5. The van der Waals surface area contributed by atoms with Crippen LogP contribution in [0.4, 0.5) is 15.0 Å². The number of hydrogen-bond donors (Lipinski definition) is 1. The molecule has 0 atom stereocenters. The average Bonchev–Trinajstić information content (AvgIpc) is 3.35. The van der Waals surface area contributed by atoms with E-state index < -0.39 is 11.7 Å². The molecule has 3 aromatic rings. The molecule has 0 unspecified atom stereocenters. The highest BCUT2D eigenvalue weighted by molar-refractivity contribution is 6.04. The molecule has 1 aliphatic heterocycles. The number of carbonyl (C=O) groups is 2. The van der Waals surface area contributed by atoms with Crippen LogP contribution in [0.3, 0.4) is 0 Å². The maximum atomic E-state index is 14.9. The Labute approximate surface area is 204 Å². The first kappa shape index (κ1) is 24.3. The summed E-state index contributed by atoms with van der Waals surface area (Å²) in [6, 6.07) is 8.19. The number of anilines is 1. The normalized spacial score (nSPS) is 13.0. The van der Waals surface area contributed by atoms with Gasteiger partial charge in [0.2, 0.25) is 0 Å². The average molecular weight is 480 g/mol. The Morgan fingerprint density at radius 1 is 1.17 bits per heavy atom. The molecule has 1 N–H and O–H groups in total. The summed E-state index contributed by atoms with van der Waals surface area (Å²) in [6.45, 7) is 9.99. The van der Waals surface area contributed by atoms with Crippen molar-refractivity contribution in [2.75, 3.05) is 25.0 Å². The van der Waals surface area contributed by atoms with Gasteiger partial charge in [0, 0.05) is 32.2 Å². The van der Waals surface area contributed by atoms with Crippen LogP contribution in [-0.2, 0) is 13.0 Å². The van der Waals surface area contributed by atoms with Crippen molar-refractivity contribution in [3.63, 3.8) is 0 Å². The van der Waals surface area contributed by atoms with Crippen molar-refractivity contribution in [1.82, 2.24) is 29.5 Å². The Balaban J connectivity index is 1.55. The maximum Gasteiger partial charge on any atom is 0.320 e. The fourth-order valence-corrected chi connectivity index (χ4v) is 4.23. The van der Waals surface area contributed by atoms with E-state index in [0.29, 0.717) is 44.1 Å². The molecule has 4 rings (SSSR count). The Bertz CT molecular complexity index is 1240. The van der Waals surface area contributed by atoms with E-state index in [1.807, 2.05) is 32.3 Å². The van der Waals surface area contributed by atoms with Crippen LogP contribution in [0.5, 0.6) is 0 Å². The molecular formula is C25H30FN7O2. The van der Waals surface area contributed by atoms with Crippen LogP contribution in [0, 0.1) is 5.82 Å². The largest absolute Gasteiger partial charge is 0.325 e. The minimum absolute atomic E-state index is 0.0498. The second kappa shape index (κ2) is 10.2. The fourth-order valence-electron chi connectivity index (χ4n) is 4.23. The van der Waals surface area contributed by atoms with E-state index in [9.17, 15) is 14.0 Å². The molecular weight excluding hydrogens is 449 g/mol. The van der Waals surface area contributed by atoms with Gasteiger partial charge in [-0.15, -0.1) is 10.2 Å². The third-order valence-electron chi connectivity index (χ3n) is 6.20. The molecule has 0 saturated carbocycles. The summed E-state index contributed by atoms with van der Waals surface area (Å²) in [6.07, 6.45) is 2.17. The van der Waals surface area contributed by atoms with Crippen LogP contribution in [-0.4, -0.2) is 61.1 Å². The van der Waals surface area contributed by atoms with Crippen LogP contribution in [0.15, 0.2) is 36.7 Å². The summed E-state index contributed by atoms with van der Waals surface area (Å²) in [5.41, 5.74) is 2.05. The zero-order valence-corrected chi connectivity index (χ0v) is 20.5. The lowest BCUT2D eigenvalue weighted by atomic mass is 9.96. The first-order valence-corrected chi connectivity index (χ1v) is 11.9. The molecule has 0 saturated heterocycles. The number of amides is 3. The molecule has 10 heteroatoms. The first-order chi connectivity index (χ1) is 16.8. The second-order valence-corrected chi connectivity index (χ2v) is 8.74. The fraction of sp³-hybridized carbons (Fsp3) is 0.400. The number of benzene rings is 1. The minimum atomic E-state index is -0.604. The van der Waals surface area contributed by atoms with Gasteiger partial charge in [-0.05, 0) is 69.5 Å². The molecule has 0 spiro atoms. The number of carbonyl (C=O) groups excluding carboxylic acids is 2. The van der Waals surface area contributed by atoms with Crippen LogP contribution in [0.2, 0.25) is 0 Å². The molecule has 35 heavy (non-hydrogen) atoms. The Hall–Kier alpha value is -3.82. The first-order valence-electron chi connectivity index (χ1n) is 11.9. The van der Waals surface area contributed by atoms with Gasteiger partial charge in [0.05, 0.1) is 5.56 Å². The molecule has 0 fully saturated rings. The summed E-state index contributed by atoms with van der Waals surface area (Å²) in [7, 11) is 0. The van der Waals surface area contributed by atoms with Crippen molar-refractivity contribution >= 4 is 17.8 Å². The van der Waals surface area contributed by atoms with Gasteiger partial charge < -0.3 is 19.7 Å². The zero-order valence-electron chi connectivity index (χ0n) is 20.5. The summed E-state index contributed by atoms with van der Waals surface area (Å²) >= 11 is 0. The van der Waals surface area contributed by atoms with Gasteiger partial charge in [0.25, 0.3) is 5.91 Å². The van der Waals surface area contributed by atoms with Crippen molar-refractivity contribution < 1.29 is 14.0 Å². The topological polar surface area (TPSA) is 96.3 Å². The van der Waals surface area contributed by atoms with Crippen molar-refractivity contribution in [2.24, 2.45) is 0 Å². The van der Waals surface area contributed by atoms with Gasteiger partial charge in [0.1, 0.15) is 23.7 Å². The van der Waals surface area contributed by atoms with E-state index in [1.165, 1.54) is 6.07 Å². The second-order valence-electron chi connectivity index (χ2n) is 8.74.